The van der Waals surface area contributed by atoms with Gasteiger partial charge in [0.1, 0.15) is 5.60 Å². The molecule has 1 atom stereocenters. The lowest BCUT2D eigenvalue weighted by Gasteiger charge is -2.24. The molecule has 0 amide bonds. The Morgan fingerprint density at radius 3 is 2.71 bits per heavy atom. The SMILES string of the molecule is O=C1CN(O)CCCC1(O)Cc1ccccc1. The Morgan fingerprint density at radius 1 is 1.29 bits per heavy atom. The van der Waals surface area contributed by atoms with Crippen LogP contribution in [0, 0.1) is 0 Å². The van der Waals surface area contributed by atoms with E-state index in [1.54, 1.807) is 0 Å². The molecule has 0 aliphatic carbocycles. The number of rotatable bonds is 2. The molecule has 0 bridgehead atoms. The van der Waals surface area contributed by atoms with E-state index in [0.717, 1.165) is 10.6 Å². The molecule has 1 aromatic carbocycles. The highest BCUT2D eigenvalue weighted by molar-refractivity contribution is 5.89. The van der Waals surface area contributed by atoms with Crippen LogP contribution in [0.5, 0.6) is 0 Å². The number of nitrogens with zero attached hydrogens (tertiary/aromatic N) is 1. The van der Waals surface area contributed by atoms with Crippen molar-refractivity contribution >= 4 is 5.78 Å². The molecule has 2 rings (SSSR count). The van der Waals surface area contributed by atoms with Gasteiger partial charge in [0, 0.05) is 13.0 Å². The van der Waals surface area contributed by atoms with Gasteiger partial charge in [-0.15, -0.1) is 0 Å². The van der Waals surface area contributed by atoms with Crippen LogP contribution >= 0.6 is 0 Å². The average Bonchev–Trinajstić information content (AvgIpc) is 2.40. The highest BCUT2D eigenvalue weighted by Crippen LogP contribution is 2.23. The summed E-state index contributed by atoms with van der Waals surface area (Å²) >= 11 is 0. The Hall–Kier alpha value is -1.23. The number of ketones is 1. The molecule has 1 heterocycles. The fourth-order valence-electron chi connectivity index (χ4n) is 2.21. The van der Waals surface area contributed by atoms with Crippen molar-refractivity contribution in [3.8, 4) is 0 Å². The zero-order valence-electron chi connectivity index (χ0n) is 9.67. The van der Waals surface area contributed by atoms with Crippen molar-refractivity contribution in [2.24, 2.45) is 0 Å². The summed E-state index contributed by atoms with van der Waals surface area (Å²) in [6, 6.07) is 9.47. The van der Waals surface area contributed by atoms with E-state index in [2.05, 4.69) is 0 Å². The number of benzene rings is 1. The molecule has 1 fully saturated rings. The maximum Gasteiger partial charge on any atom is 0.180 e. The van der Waals surface area contributed by atoms with Crippen molar-refractivity contribution in [3.05, 3.63) is 35.9 Å². The minimum absolute atomic E-state index is 0.0939. The number of aliphatic hydroxyl groups is 1. The van der Waals surface area contributed by atoms with Crippen LogP contribution in [-0.4, -0.2) is 39.9 Å². The van der Waals surface area contributed by atoms with Crippen LogP contribution in [0.1, 0.15) is 18.4 Å². The molecule has 1 aliphatic heterocycles. The van der Waals surface area contributed by atoms with Crippen molar-refractivity contribution in [1.82, 2.24) is 5.06 Å². The fourth-order valence-corrected chi connectivity index (χ4v) is 2.21. The largest absolute Gasteiger partial charge is 0.382 e. The molecule has 0 aromatic heterocycles. The van der Waals surface area contributed by atoms with Gasteiger partial charge in [-0.05, 0) is 18.4 Å². The predicted molar refractivity (Wildman–Crippen MR) is 62.7 cm³/mol. The van der Waals surface area contributed by atoms with Gasteiger partial charge in [0.25, 0.3) is 0 Å². The van der Waals surface area contributed by atoms with E-state index in [4.69, 9.17) is 0 Å². The summed E-state index contributed by atoms with van der Waals surface area (Å²) in [5, 5.41) is 20.7. The van der Waals surface area contributed by atoms with Gasteiger partial charge in [0.2, 0.25) is 0 Å². The molecule has 0 spiro atoms. The van der Waals surface area contributed by atoms with Gasteiger partial charge in [0.15, 0.2) is 5.78 Å². The van der Waals surface area contributed by atoms with Crippen molar-refractivity contribution in [2.45, 2.75) is 24.9 Å². The molecule has 92 valence electrons. The van der Waals surface area contributed by atoms with E-state index < -0.39 is 5.60 Å². The monoisotopic (exact) mass is 235 g/mol. The minimum Gasteiger partial charge on any atom is -0.382 e. The second-order valence-electron chi connectivity index (χ2n) is 4.61. The highest BCUT2D eigenvalue weighted by atomic mass is 16.5. The lowest BCUT2D eigenvalue weighted by Crippen LogP contribution is -2.43. The third-order valence-electron chi connectivity index (χ3n) is 3.19. The summed E-state index contributed by atoms with van der Waals surface area (Å²) in [6.45, 7) is 0.339. The van der Waals surface area contributed by atoms with Crippen molar-refractivity contribution in [1.29, 1.82) is 0 Å². The van der Waals surface area contributed by atoms with Crippen LogP contribution in [0.15, 0.2) is 30.3 Å². The Morgan fingerprint density at radius 2 is 2.00 bits per heavy atom. The molecule has 1 saturated heterocycles. The van der Waals surface area contributed by atoms with E-state index in [1.165, 1.54) is 0 Å². The van der Waals surface area contributed by atoms with E-state index in [1.807, 2.05) is 30.3 Å². The zero-order chi connectivity index (χ0) is 12.3. The highest BCUT2D eigenvalue weighted by Gasteiger charge is 2.38. The Bertz CT molecular complexity index is 393. The summed E-state index contributed by atoms with van der Waals surface area (Å²) in [4.78, 5) is 11.9. The van der Waals surface area contributed by atoms with Crippen LogP contribution in [0.4, 0.5) is 0 Å². The van der Waals surface area contributed by atoms with Gasteiger partial charge in [0.05, 0.1) is 6.54 Å². The van der Waals surface area contributed by atoms with Gasteiger partial charge in [-0.25, -0.2) is 0 Å². The van der Waals surface area contributed by atoms with Gasteiger partial charge in [-0.2, -0.15) is 5.06 Å². The normalized spacial score (nSPS) is 26.8. The van der Waals surface area contributed by atoms with E-state index >= 15 is 0 Å². The van der Waals surface area contributed by atoms with Gasteiger partial charge >= 0.3 is 0 Å². The first kappa shape index (κ1) is 12.2. The molecule has 1 aromatic rings. The molecular formula is C13H17NO3. The summed E-state index contributed by atoms with van der Waals surface area (Å²) in [5.74, 6) is -0.304. The van der Waals surface area contributed by atoms with E-state index in [9.17, 15) is 15.1 Å². The fraction of sp³-hybridized carbons (Fsp3) is 0.462. The summed E-state index contributed by atoms with van der Waals surface area (Å²) in [5.41, 5.74) is -0.395. The molecule has 0 saturated carbocycles. The third kappa shape index (κ3) is 2.91. The summed E-state index contributed by atoms with van der Waals surface area (Å²) < 4.78 is 0. The quantitative estimate of drug-likeness (QED) is 0.803. The topological polar surface area (TPSA) is 60.8 Å². The van der Waals surface area contributed by atoms with Gasteiger partial charge in [-0.1, -0.05) is 30.3 Å². The van der Waals surface area contributed by atoms with Crippen LogP contribution in [-0.2, 0) is 11.2 Å². The van der Waals surface area contributed by atoms with Crippen molar-refractivity contribution < 1.29 is 15.1 Å². The van der Waals surface area contributed by atoms with Crippen molar-refractivity contribution in [3.63, 3.8) is 0 Å². The predicted octanol–water partition coefficient (Wildman–Crippen LogP) is 1.01. The van der Waals surface area contributed by atoms with Gasteiger partial charge in [-0.3, -0.25) is 4.79 Å². The first-order valence-corrected chi connectivity index (χ1v) is 5.84. The smallest absolute Gasteiger partial charge is 0.180 e. The molecular weight excluding hydrogens is 218 g/mol. The Kier molecular flexibility index (Phi) is 3.57. The first-order valence-electron chi connectivity index (χ1n) is 5.84. The van der Waals surface area contributed by atoms with E-state index in [-0.39, 0.29) is 12.3 Å². The molecule has 4 nitrogen and oxygen atoms in total. The maximum absolute atomic E-state index is 11.9. The van der Waals surface area contributed by atoms with Crippen LogP contribution in [0.3, 0.4) is 0 Å². The first-order chi connectivity index (χ1) is 8.10. The summed E-state index contributed by atoms with van der Waals surface area (Å²) in [7, 11) is 0. The zero-order valence-corrected chi connectivity index (χ0v) is 9.67. The summed E-state index contributed by atoms with van der Waals surface area (Å²) in [6.07, 6.45) is 1.34. The molecule has 4 heteroatoms. The maximum atomic E-state index is 11.9. The lowest BCUT2D eigenvalue weighted by atomic mass is 9.87. The molecule has 1 aliphatic rings. The van der Waals surface area contributed by atoms with Crippen LogP contribution in [0.25, 0.3) is 0 Å². The second-order valence-corrected chi connectivity index (χ2v) is 4.61. The minimum atomic E-state index is -1.33. The number of Topliss-reactive ketones (excluding diaryl/α,β-unsaturated/α-hetero) is 1. The number of carbonyl (C=O) groups excluding carboxylic acids is 1. The lowest BCUT2D eigenvalue weighted by molar-refractivity contribution is -0.147. The average molecular weight is 235 g/mol. The number of hydrogen-bond donors (Lipinski definition) is 2. The van der Waals surface area contributed by atoms with Crippen LogP contribution < -0.4 is 0 Å². The number of hydroxylamine groups is 2. The van der Waals surface area contributed by atoms with Crippen LogP contribution in [0.2, 0.25) is 0 Å². The second kappa shape index (κ2) is 4.96. The molecule has 1 unspecified atom stereocenters. The standard InChI is InChI=1S/C13H17NO3/c15-12-10-14(17)8-4-7-13(12,16)9-11-5-2-1-3-6-11/h1-3,5-6,16-17H,4,7-10H2. The third-order valence-corrected chi connectivity index (χ3v) is 3.19. The van der Waals surface area contributed by atoms with Gasteiger partial charge < -0.3 is 10.3 Å². The van der Waals surface area contributed by atoms with E-state index in [0.29, 0.717) is 25.8 Å². The van der Waals surface area contributed by atoms with Crippen molar-refractivity contribution in [2.75, 3.05) is 13.1 Å². The number of carbonyl (C=O) groups is 1. The molecule has 17 heavy (non-hydrogen) atoms. The Labute approximate surface area is 100 Å². The number of hydrogen-bond acceptors (Lipinski definition) is 4. The molecule has 0 radical (unpaired) electrons. The Balaban J connectivity index is 2.14. The molecule has 2 N–H and O–H groups in total.